The summed E-state index contributed by atoms with van der Waals surface area (Å²) in [7, 11) is 3.98. The number of rotatable bonds is 3. The lowest BCUT2D eigenvalue weighted by Gasteiger charge is -2.17. The van der Waals surface area contributed by atoms with Crippen LogP contribution in [0.25, 0.3) is 0 Å². The molecule has 19 heavy (non-hydrogen) atoms. The number of nitrogens with zero attached hydrogens (tertiary/aromatic N) is 2. The predicted octanol–water partition coefficient (Wildman–Crippen LogP) is 2.14. The Morgan fingerprint density at radius 1 is 1.42 bits per heavy atom. The van der Waals surface area contributed by atoms with Crippen LogP contribution in [0, 0.1) is 0 Å². The fraction of sp³-hybridized carbons (Fsp3) is 0.500. The molecule has 1 atom stereocenters. The molecule has 0 aliphatic carbocycles. The highest BCUT2D eigenvalue weighted by molar-refractivity contribution is 14.0. The van der Waals surface area contributed by atoms with Gasteiger partial charge in [0.25, 0.3) is 0 Å². The van der Waals surface area contributed by atoms with E-state index >= 15 is 0 Å². The van der Waals surface area contributed by atoms with Crippen molar-refractivity contribution in [3.8, 4) is 5.75 Å². The van der Waals surface area contributed by atoms with Gasteiger partial charge in [-0.2, -0.15) is 0 Å². The molecule has 1 aromatic rings. The maximum atomic E-state index is 5.86. The SMILES string of the molecule is CCNC(=NCC1Cc2ccccc2O1)N(C)C.I. The van der Waals surface area contributed by atoms with Crippen LogP contribution in [-0.2, 0) is 6.42 Å². The van der Waals surface area contributed by atoms with Crippen molar-refractivity contribution in [1.29, 1.82) is 0 Å². The van der Waals surface area contributed by atoms with Crippen LogP contribution in [0.1, 0.15) is 12.5 Å². The number of benzene rings is 1. The number of para-hydroxylation sites is 1. The molecule has 0 saturated heterocycles. The minimum atomic E-state index is 0. The predicted molar refractivity (Wildman–Crippen MR) is 89.6 cm³/mol. The third-order valence-corrected chi connectivity index (χ3v) is 2.92. The Kier molecular flexibility index (Phi) is 6.41. The molecule has 106 valence electrons. The first kappa shape index (κ1) is 16.1. The minimum Gasteiger partial charge on any atom is -0.488 e. The van der Waals surface area contributed by atoms with Gasteiger partial charge in [0.05, 0.1) is 6.54 Å². The zero-order valence-electron chi connectivity index (χ0n) is 11.7. The Bertz CT molecular complexity index is 409. The molecular formula is C14H22IN3O. The van der Waals surface area contributed by atoms with Crippen molar-refractivity contribution in [3.63, 3.8) is 0 Å². The van der Waals surface area contributed by atoms with Crippen molar-refractivity contribution in [2.24, 2.45) is 4.99 Å². The monoisotopic (exact) mass is 375 g/mol. The number of halogens is 1. The first-order chi connectivity index (χ1) is 8.70. The molecule has 4 nitrogen and oxygen atoms in total. The average molecular weight is 375 g/mol. The van der Waals surface area contributed by atoms with Gasteiger partial charge in [0.2, 0.25) is 0 Å². The lowest BCUT2D eigenvalue weighted by atomic mass is 10.1. The van der Waals surface area contributed by atoms with Crippen molar-refractivity contribution in [3.05, 3.63) is 29.8 Å². The van der Waals surface area contributed by atoms with Crippen LogP contribution in [0.4, 0.5) is 0 Å². The Morgan fingerprint density at radius 2 is 2.16 bits per heavy atom. The molecule has 1 aromatic carbocycles. The molecular weight excluding hydrogens is 353 g/mol. The van der Waals surface area contributed by atoms with E-state index < -0.39 is 0 Å². The van der Waals surface area contributed by atoms with E-state index in [9.17, 15) is 0 Å². The van der Waals surface area contributed by atoms with E-state index in [2.05, 4.69) is 29.4 Å². The molecule has 1 aliphatic heterocycles. The summed E-state index contributed by atoms with van der Waals surface area (Å²) in [6, 6.07) is 8.21. The van der Waals surface area contributed by atoms with E-state index in [-0.39, 0.29) is 30.1 Å². The third-order valence-electron chi connectivity index (χ3n) is 2.92. The van der Waals surface area contributed by atoms with Crippen LogP contribution in [0.15, 0.2) is 29.3 Å². The van der Waals surface area contributed by atoms with Crippen LogP contribution in [0.5, 0.6) is 5.75 Å². The van der Waals surface area contributed by atoms with Gasteiger partial charge in [-0.3, -0.25) is 0 Å². The molecule has 1 aliphatic rings. The second-order valence-electron chi connectivity index (χ2n) is 4.64. The second kappa shape index (κ2) is 7.57. The van der Waals surface area contributed by atoms with Gasteiger partial charge in [-0.15, -0.1) is 24.0 Å². The molecule has 0 bridgehead atoms. The van der Waals surface area contributed by atoms with Crippen molar-refractivity contribution in [1.82, 2.24) is 10.2 Å². The largest absolute Gasteiger partial charge is 0.488 e. The van der Waals surface area contributed by atoms with Crippen molar-refractivity contribution >= 4 is 29.9 Å². The Morgan fingerprint density at radius 3 is 2.79 bits per heavy atom. The van der Waals surface area contributed by atoms with Crippen molar-refractivity contribution in [2.45, 2.75) is 19.4 Å². The number of guanidine groups is 1. The number of fused-ring (bicyclic) bond motifs is 1. The fourth-order valence-corrected chi connectivity index (χ4v) is 2.06. The van der Waals surface area contributed by atoms with Gasteiger partial charge in [0.1, 0.15) is 11.9 Å². The van der Waals surface area contributed by atoms with E-state index in [0.29, 0.717) is 6.54 Å². The van der Waals surface area contributed by atoms with Gasteiger partial charge in [0, 0.05) is 27.1 Å². The number of aliphatic imine (C=N–C) groups is 1. The summed E-state index contributed by atoms with van der Waals surface area (Å²) in [6.07, 6.45) is 1.11. The zero-order valence-corrected chi connectivity index (χ0v) is 14.0. The maximum Gasteiger partial charge on any atom is 0.193 e. The molecule has 0 saturated carbocycles. The van der Waals surface area contributed by atoms with Gasteiger partial charge < -0.3 is 15.0 Å². The molecule has 5 heteroatoms. The van der Waals surface area contributed by atoms with Crippen LogP contribution < -0.4 is 10.1 Å². The number of hydrogen-bond acceptors (Lipinski definition) is 2. The van der Waals surface area contributed by atoms with Gasteiger partial charge in [-0.1, -0.05) is 18.2 Å². The quantitative estimate of drug-likeness (QED) is 0.500. The highest BCUT2D eigenvalue weighted by Crippen LogP contribution is 2.28. The summed E-state index contributed by atoms with van der Waals surface area (Å²) in [6.45, 7) is 3.64. The molecule has 0 radical (unpaired) electrons. The van der Waals surface area contributed by atoms with Gasteiger partial charge in [-0.25, -0.2) is 4.99 Å². The smallest absolute Gasteiger partial charge is 0.193 e. The highest BCUT2D eigenvalue weighted by Gasteiger charge is 2.21. The first-order valence-corrected chi connectivity index (χ1v) is 6.41. The highest BCUT2D eigenvalue weighted by atomic mass is 127. The van der Waals surface area contributed by atoms with Crippen LogP contribution in [0.3, 0.4) is 0 Å². The van der Waals surface area contributed by atoms with E-state index in [0.717, 1.165) is 24.7 Å². The zero-order chi connectivity index (χ0) is 13.0. The molecule has 0 amide bonds. The second-order valence-corrected chi connectivity index (χ2v) is 4.64. The summed E-state index contributed by atoms with van der Waals surface area (Å²) >= 11 is 0. The fourth-order valence-electron chi connectivity index (χ4n) is 2.06. The molecule has 0 fully saturated rings. The topological polar surface area (TPSA) is 36.9 Å². The number of nitrogens with one attached hydrogen (secondary N) is 1. The van der Waals surface area contributed by atoms with Gasteiger partial charge >= 0.3 is 0 Å². The summed E-state index contributed by atoms with van der Waals surface area (Å²) in [5.41, 5.74) is 1.28. The summed E-state index contributed by atoms with van der Waals surface area (Å²) in [5, 5.41) is 3.25. The van der Waals surface area contributed by atoms with Crippen molar-refractivity contribution < 1.29 is 4.74 Å². The van der Waals surface area contributed by atoms with Crippen LogP contribution >= 0.6 is 24.0 Å². The van der Waals surface area contributed by atoms with E-state index in [4.69, 9.17) is 4.74 Å². The standard InChI is InChI=1S/C14H21N3O.HI/c1-4-15-14(17(2)3)16-10-12-9-11-7-5-6-8-13(11)18-12;/h5-8,12H,4,9-10H2,1-3H3,(H,15,16);1H. The molecule has 0 aromatic heterocycles. The van der Waals surface area contributed by atoms with Crippen LogP contribution in [0.2, 0.25) is 0 Å². The molecule has 1 heterocycles. The van der Waals surface area contributed by atoms with E-state index in [1.807, 2.05) is 31.1 Å². The van der Waals surface area contributed by atoms with Gasteiger partial charge in [0.15, 0.2) is 5.96 Å². The number of hydrogen-bond donors (Lipinski definition) is 1. The van der Waals surface area contributed by atoms with Crippen molar-refractivity contribution in [2.75, 3.05) is 27.2 Å². The molecule has 1 unspecified atom stereocenters. The van der Waals surface area contributed by atoms with E-state index in [1.165, 1.54) is 5.56 Å². The summed E-state index contributed by atoms with van der Waals surface area (Å²) < 4.78 is 5.86. The van der Waals surface area contributed by atoms with Crippen LogP contribution in [-0.4, -0.2) is 44.1 Å². The maximum absolute atomic E-state index is 5.86. The molecule has 2 rings (SSSR count). The lowest BCUT2D eigenvalue weighted by molar-refractivity contribution is 0.241. The normalized spacial score (nSPS) is 17.2. The Hall–Kier alpha value is -0.980. The number of ether oxygens (including phenoxy) is 1. The average Bonchev–Trinajstić information content (AvgIpc) is 2.76. The third kappa shape index (κ3) is 4.26. The molecule has 1 N–H and O–H groups in total. The molecule has 0 spiro atoms. The Balaban J connectivity index is 0.00000180. The lowest BCUT2D eigenvalue weighted by Crippen LogP contribution is -2.37. The van der Waals surface area contributed by atoms with E-state index in [1.54, 1.807) is 0 Å². The van der Waals surface area contributed by atoms with Gasteiger partial charge in [-0.05, 0) is 18.6 Å². The summed E-state index contributed by atoms with van der Waals surface area (Å²) in [4.78, 5) is 6.58. The Labute approximate surface area is 132 Å². The minimum absolute atomic E-state index is 0. The first-order valence-electron chi connectivity index (χ1n) is 6.41. The summed E-state index contributed by atoms with van der Waals surface area (Å²) in [5.74, 6) is 1.92.